The predicted molar refractivity (Wildman–Crippen MR) is 161 cm³/mol. The van der Waals surface area contributed by atoms with Crippen LogP contribution in [0, 0.1) is 11.3 Å². The van der Waals surface area contributed by atoms with E-state index in [2.05, 4.69) is 33.8 Å². The highest BCUT2D eigenvalue weighted by Crippen LogP contribution is 2.34. The van der Waals surface area contributed by atoms with Crippen molar-refractivity contribution in [2.75, 3.05) is 25.5 Å². The van der Waals surface area contributed by atoms with Gasteiger partial charge in [0.15, 0.2) is 0 Å². The van der Waals surface area contributed by atoms with Gasteiger partial charge in [-0.05, 0) is 84.3 Å². The summed E-state index contributed by atoms with van der Waals surface area (Å²) >= 11 is 0. The number of H-pyrrole nitrogens is 1. The first-order valence-corrected chi connectivity index (χ1v) is 13.2. The number of fused-ring (bicyclic) bond motifs is 1. The fourth-order valence-corrected chi connectivity index (χ4v) is 4.82. The third-order valence-corrected chi connectivity index (χ3v) is 6.94. The van der Waals surface area contributed by atoms with Crippen LogP contribution in [0.1, 0.15) is 22.8 Å². The number of phenolic OH excluding ortho intramolecular Hbond substituents is 1. The molecule has 1 aromatic heterocycles. The molecule has 206 valence electrons. The van der Waals surface area contributed by atoms with Gasteiger partial charge in [-0.15, -0.1) is 0 Å². The SMILES string of the molecule is COc1ccc(Nc2ccc(CCNC[C@H](O)c3ccc(O)c4[nH]c(=O)ccc34)cc2)cc1-c1cccc(C#N)c1. The Bertz CT molecular complexity index is 1770. The number of aliphatic hydroxyl groups excluding tert-OH is 1. The van der Waals surface area contributed by atoms with Gasteiger partial charge in [-0.1, -0.05) is 30.3 Å². The van der Waals surface area contributed by atoms with E-state index >= 15 is 0 Å². The number of benzene rings is 4. The standard InChI is InChI=1S/C33H30N4O4/c1-41-31-13-9-25(18-28(31)23-4-2-3-22(17-23)19-34)36-24-7-5-21(6-8-24)15-16-35-20-30(39)26-10-12-29(38)33-27(26)11-14-32(40)37-33/h2-14,17-18,30,35-36,38-39H,15-16,20H2,1H3,(H,37,40)/t30-/m0/s1. The molecule has 0 aliphatic carbocycles. The molecule has 0 aliphatic rings. The van der Waals surface area contributed by atoms with Crippen molar-refractivity contribution in [2.24, 2.45) is 0 Å². The second-order valence-corrected chi connectivity index (χ2v) is 9.68. The van der Waals surface area contributed by atoms with Crippen LogP contribution in [0.2, 0.25) is 0 Å². The summed E-state index contributed by atoms with van der Waals surface area (Å²) in [5.41, 5.74) is 6.03. The lowest BCUT2D eigenvalue weighted by Crippen LogP contribution is -2.24. The first-order chi connectivity index (χ1) is 19.9. The molecular formula is C33H30N4O4. The van der Waals surface area contributed by atoms with Crippen molar-refractivity contribution in [3.05, 3.63) is 118 Å². The van der Waals surface area contributed by atoms with Crippen molar-refractivity contribution in [1.29, 1.82) is 5.26 Å². The number of rotatable bonds is 10. The van der Waals surface area contributed by atoms with E-state index in [1.807, 2.05) is 48.5 Å². The van der Waals surface area contributed by atoms with Gasteiger partial charge in [0, 0.05) is 34.9 Å². The molecule has 5 N–H and O–H groups in total. The average Bonchev–Trinajstić information content (AvgIpc) is 3.00. The van der Waals surface area contributed by atoms with Crippen LogP contribution >= 0.6 is 0 Å². The Morgan fingerprint density at radius 2 is 1.78 bits per heavy atom. The first-order valence-electron chi connectivity index (χ1n) is 13.2. The number of nitriles is 1. The number of ether oxygens (including phenoxy) is 1. The van der Waals surface area contributed by atoms with E-state index in [4.69, 9.17) is 4.74 Å². The maximum Gasteiger partial charge on any atom is 0.248 e. The van der Waals surface area contributed by atoms with Crippen molar-refractivity contribution in [3.8, 4) is 28.7 Å². The number of nitrogens with zero attached hydrogens (tertiary/aromatic N) is 1. The number of nitrogens with one attached hydrogen (secondary N) is 3. The highest BCUT2D eigenvalue weighted by molar-refractivity contribution is 5.87. The van der Waals surface area contributed by atoms with Crippen LogP contribution in [0.3, 0.4) is 0 Å². The van der Waals surface area contributed by atoms with E-state index in [1.165, 1.54) is 12.1 Å². The zero-order valence-corrected chi connectivity index (χ0v) is 22.5. The lowest BCUT2D eigenvalue weighted by Gasteiger charge is -2.15. The predicted octanol–water partition coefficient (Wildman–Crippen LogP) is 5.39. The van der Waals surface area contributed by atoms with Crippen LogP contribution in [0.25, 0.3) is 22.0 Å². The second kappa shape index (κ2) is 12.4. The first kappa shape index (κ1) is 27.5. The Kier molecular flexibility index (Phi) is 8.30. The van der Waals surface area contributed by atoms with Crippen molar-refractivity contribution < 1.29 is 14.9 Å². The molecule has 0 unspecified atom stereocenters. The third kappa shape index (κ3) is 6.39. The quantitative estimate of drug-likeness (QED) is 0.149. The van der Waals surface area contributed by atoms with Crippen LogP contribution < -0.4 is 20.9 Å². The summed E-state index contributed by atoms with van der Waals surface area (Å²) in [6.45, 7) is 0.996. The number of hydrogen-bond donors (Lipinski definition) is 5. The maximum absolute atomic E-state index is 11.6. The zero-order valence-electron chi connectivity index (χ0n) is 22.5. The van der Waals surface area contributed by atoms with Crippen molar-refractivity contribution >= 4 is 22.3 Å². The number of anilines is 2. The smallest absolute Gasteiger partial charge is 0.248 e. The number of hydrogen-bond acceptors (Lipinski definition) is 7. The van der Waals surface area contributed by atoms with Crippen LogP contribution in [-0.2, 0) is 6.42 Å². The molecule has 0 fully saturated rings. The van der Waals surface area contributed by atoms with E-state index < -0.39 is 6.10 Å². The van der Waals surface area contributed by atoms with Gasteiger partial charge in [0.2, 0.25) is 5.56 Å². The van der Waals surface area contributed by atoms with Gasteiger partial charge in [-0.25, -0.2) is 0 Å². The minimum atomic E-state index is -0.799. The summed E-state index contributed by atoms with van der Waals surface area (Å²) in [4.78, 5) is 14.2. The summed E-state index contributed by atoms with van der Waals surface area (Å²) in [7, 11) is 1.63. The topological polar surface area (TPSA) is 130 Å². The minimum absolute atomic E-state index is 0.0302. The highest BCUT2D eigenvalue weighted by atomic mass is 16.5. The molecule has 0 saturated heterocycles. The Labute approximate surface area is 237 Å². The largest absolute Gasteiger partial charge is 0.506 e. The van der Waals surface area contributed by atoms with E-state index in [0.717, 1.165) is 40.2 Å². The molecule has 5 aromatic rings. The minimum Gasteiger partial charge on any atom is -0.506 e. The van der Waals surface area contributed by atoms with Crippen molar-refractivity contribution in [2.45, 2.75) is 12.5 Å². The Hall–Kier alpha value is -5.10. The molecule has 0 aliphatic heterocycles. The van der Waals surface area contributed by atoms with Gasteiger partial charge in [0.25, 0.3) is 0 Å². The molecule has 1 heterocycles. The molecule has 8 heteroatoms. The van der Waals surface area contributed by atoms with E-state index in [0.29, 0.717) is 35.1 Å². The number of aromatic nitrogens is 1. The Balaban J connectivity index is 1.18. The number of aromatic hydroxyl groups is 1. The number of pyridine rings is 1. The van der Waals surface area contributed by atoms with Crippen molar-refractivity contribution in [3.63, 3.8) is 0 Å². The van der Waals surface area contributed by atoms with Gasteiger partial charge >= 0.3 is 0 Å². The highest BCUT2D eigenvalue weighted by Gasteiger charge is 2.14. The van der Waals surface area contributed by atoms with E-state index in [9.17, 15) is 20.3 Å². The third-order valence-electron chi connectivity index (χ3n) is 6.94. The lowest BCUT2D eigenvalue weighted by atomic mass is 10.0. The molecule has 0 bridgehead atoms. The number of aromatic amines is 1. The van der Waals surface area contributed by atoms with Crippen LogP contribution in [-0.4, -0.2) is 35.4 Å². The van der Waals surface area contributed by atoms with Crippen LogP contribution in [0.15, 0.2) is 95.8 Å². The molecule has 8 nitrogen and oxygen atoms in total. The number of aliphatic hydroxyl groups is 1. The molecule has 41 heavy (non-hydrogen) atoms. The molecule has 0 spiro atoms. The summed E-state index contributed by atoms with van der Waals surface area (Å²) < 4.78 is 5.55. The van der Waals surface area contributed by atoms with E-state index in [1.54, 1.807) is 25.3 Å². The molecule has 1 atom stereocenters. The molecule has 5 rings (SSSR count). The van der Waals surface area contributed by atoms with Gasteiger partial charge in [0.05, 0.1) is 30.4 Å². The number of methoxy groups -OCH3 is 1. The van der Waals surface area contributed by atoms with Gasteiger partial charge < -0.3 is 30.6 Å². The average molecular weight is 547 g/mol. The normalized spacial score (nSPS) is 11.6. The lowest BCUT2D eigenvalue weighted by molar-refractivity contribution is 0.176. The monoisotopic (exact) mass is 546 g/mol. The fourth-order valence-electron chi connectivity index (χ4n) is 4.82. The van der Waals surface area contributed by atoms with Gasteiger partial charge in [-0.3, -0.25) is 4.79 Å². The van der Waals surface area contributed by atoms with Gasteiger partial charge in [-0.2, -0.15) is 5.26 Å². The number of phenols is 1. The summed E-state index contributed by atoms with van der Waals surface area (Å²) in [5, 5.41) is 37.4. The van der Waals surface area contributed by atoms with Crippen molar-refractivity contribution in [1.82, 2.24) is 10.3 Å². The summed E-state index contributed by atoms with van der Waals surface area (Å²) in [6, 6.07) is 29.8. The molecule has 0 saturated carbocycles. The summed E-state index contributed by atoms with van der Waals surface area (Å²) in [5.74, 6) is 0.699. The zero-order chi connectivity index (χ0) is 28.8. The summed E-state index contributed by atoms with van der Waals surface area (Å²) in [6.07, 6.45) is -0.0224. The second-order valence-electron chi connectivity index (χ2n) is 9.68. The maximum atomic E-state index is 11.6. The molecule has 4 aromatic carbocycles. The molecule has 0 radical (unpaired) electrons. The fraction of sp³-hybridized carbons (Fsp3) is 0.152. The van der Waals surface area contributed by atoms with Gasteiger partial charge in [0.1, 0.15) is 11.5 Å². The van der Waals surface area contributed by atoms with Crippen LogP contribution in [0.4, 0.5) is 11.4 Å². The molecular weight excluding hydrogens is 516 g/mol. The molecule has 0 amide bonds. The Morgan fingerprint density at radius 1 is 0.976 bits per heavy atom. The Morgan fingerprint density at radius 3 is 2.56 bits per heavy atom. The van der Waals surface area contributed by atoms with E-state index in [-0.39, 0.29) is 11.3 Å². The van der Waals surface area contributed by atoms with Crippen LogP contribution in [0.5, 0.6) is 11.5 Å².